The molecular formula is C10H18ClN3O. The maximum Gasteiger partial charge on any atom is 0.182 e. The van der Waals surface area contributed by atoms with Gasteiger partial charge in [0.2, 0.25) is 0 Å². The van der Waals surface area contributed by atoms with Gasteiger partial charge in [-0.1, -0.05) is 13.8 Å². The summed E-state index contributed by atoms with van der Waals surface area (Å²) in [5.41, 5.74) is -0.366. The van der Waals surface area contributed by atoms with Gasteiger partial charge in [0.25, 0.3) is 0 Å². The smallest absolute Gasteiger partial charge is 0.182 e. The van der Waals surface area contributed by atoms with Gasteiger partial charge in [0, 0.05) is 6.61 Å². The fourth-order valence-electron chi connectivity index (χ4n) is 1.67. The lowest BCUT2D eigenvalue weighted by Gasteiger charge is -2.28. The zero-order valence-corrected chi connectivity index (χ0v) is 10.3. The van der Waals surface area contributed by atoms with Gasteiger partial charge in [0.15, 0.2) is 5.82 Å². The van der Waals surface area contributed by atoms with E-state index in [4.69, 9.17) is 16.3 Å². The summed E-state index contributed by atoms with van der Waals surface area (Å²) >= 11 is 5.68. The molecular weight excluding hydrogens is 214 g/mol. The summed E-state index contributed by atoms with van der Waals surface area (Å²) < 4.78 is 5.78. The monoisotopic (exact) mass is 231 g/mol. The van der Waals surface area contributed by atoms with Crippen LogP contribution >= 0.6 is 11.6 Å². The molecule has 0 fully saturated rings. The highest BCUT2D eigenvalue weighted by Crippen LogP contribution is 2.30. The highest BCUT2D eigenvalue weighted by molar-refractivity contribution is 6.16. The molecule has 0 aliphatic heterocycles. The highest BCUT2D eigenvalue weighted by atomic mass is 35.5. The largest absolute Gasteiger partial charge is 0.367 e. The summed E-state index contributed by atoms with van der Waals surface area (Å²) in [6.07, 6.45) is 1.72. The van der Waals surface area contributed by atoms with Crippen LogP contribution in [0.4, 0.5) is 0 Å². The summed E-state index contributed by atoms with van der Waals surface area (Å²) in [6, 6.07) is 0. The first kappa shape index (κ1) is 12.5. The molecule has 0 aliphatic rings. The molecule has 0 aliphatic carbocycles. The summed E-state index contributed by atoms with van der Waals surface area (Å²) in [4.78, 5) is 4.34. The molecule has 15 heavy (non-hydrogen) atoms. The van der Waals surface area contributed by atoms with Crippen molar-refractivity contribution in [2.45, 2.75) is 45.1 Å². The zero-order chi connectivity index (χ0) is 11.3. The lowest BCUT2D eigenvalue weighted by molar-refractivity contribution is -0.0569. The predicted molar refractivity (Wildman–Crippen MR) is 59.8 cm³/mol. The molecule has 4 nitrogen and oxygen atoms in total. The van der Waals surface area contributed by atoms with E-state index in [1.807, 2.05) is 6.92 Å². The number of aromatic amines is 1. The van der Waals surface area contributed by atoms with Gasteiger partial charge in [-0.15, -0.1) is 11.6 Å². The van der Waals surface area contributed by atoms with Gasteiger partial charge in [-0.3, -0.25) is 5.10 Å². The molecule has 0 radical (unpaired) electrons. The SMILES string of the molecule is CCOC(CC)(CC)c1n[nH]c(CCl)n1. The Morgan fingerprint density at radius 2 is 2.00 bits per heavy atom. The van der Waals surface area contributed by atoms with Gasteiger partial charge in [-0.05, 0) is 19.8 Å². The van der Waals surface area contributed by atoms with Crippen LogP contribution in [0.5, 0.6) is 0 Å². The van der Waals surface area contributed by atoms with Crippen molar-refractivity contribution in [3.05, 3.63) is 11.6 Å². The van der Waals surface area contributed by atoms with E-state index in [1.165, 1.54) is 0 Å². The number of ether oxygens (including phenoxy) is 1. The van der Waals surface area contributed by atoms with Crippen molar-refractivity contribution >= 4 is 11.6 Å². The minimum atomic E-state index is -0.366. The molecule has 0 spiro atoms. The Hall–Kier alpha value is -0.610. The average molecular weight is 232 g/mol. The van der Waals surface area contributed by atoms with Crippen molar-refractivity contribution in [3.63, 3.8) is 0 Å². The normalized spacial score (nSPS) is 12.0. The lowest BCUT2D eigenvalue weighted by Crippen LogP contribution is -2.29. The Balaban J connectivity index is 2.96. The molecule has 0 saturated heterocycles. The third-order valence-electron chi connectivity index (χ3n) is 2.63. The van der Waals surface area contributed by atoms with Gasteiger partial charge < -0.3 is 4.74 Å². The van der Waals surface area contributed by atoms with Crippen LogP contribution in [0, 0.1) is 0 Å². The number of hydrogen-bond donors (Lipinski definition) is 1. The van der Waals surface area contributed by atoms with E-state index in [0.717, 1.165) is 12.8 Å². The Morgan fingerprint density at radius 1 is 1.33 bits per heavy atom. The van der Waals surface area contributed by atoms with Crippen molar-refractivity contribution in [3.8, 4) is 0 Å². The van der Waals surface area contributed by atoms with Gasteiger partial charge in [-0.2, -0.15) is 5.10 Å². The van der Waals surface area contributed by atoms with E-state index < -0.39 is 0 Å². The Morgan fingerprint density at radius 3 is 2.40 bits per heavy atom. The van der Waals surface area contributed by atoms with Crippen molar-refractivity contribution in [1.29, 1.82) is 0 Å². The van der Waals surface area contributed by atoms with Crippen LogP contribution in [0.1, 0.15) is 45.3 Å². The van der Waals surface area contributed by atoms with E-state index in [2.05, 4.69) is 29.0 Å². The molecule has 1 rings (SSSR count). The number of halogens is 1. The lowest BCUT2D eigenvalue weighted by atomic mass is 9.96. The molecule has 0 atom stereocenters. The summed E-state index contributed by atoms with van der Waals surface area (Å²) in [5, 5.41) is 6.99. The van der Waals surface area contributed by atoms with E-state index in [9.17, 15) is 0 Å². The highest BCUT2D eigenvalue weighted by Gasteiger charge is 2.33. The van der Waals surface area contributed by atoms with Crippen LogP contribution in [-0.4, -0.2) is 21.8 Å². The second kappa shape index (κ2) is 5.47. The van der Waals surface area contributed by atoms with Gasteiger partial charge in [0.05, 0.1) is 5.88 Å². The van der Waals surface area contributed by atoms with Gasteiger partial charge >= 0.3 is 0 Å². The van der Waals surface area contributed by atoms with Crippen LogP contribution in [0.2, 0.25) is 0 Å². The fraction of sp³-hybridized carbons (Fsp3) is 0.800. The topological polar surface area (TPSA) is 50.8 Å². The molecule has 1 heterocycles. The molecule has 86 valence electrons. The number of alkyl halides is 1. The summed E-state index contributed by atoms with van der Waals surface area (Å²) in [6.45, 7) is 6.80. The number of nitrogens with one attached hydrogen (secondary N) is 1. The van der Waals surface area contributed by atoms with Crippen molar-refractivity contribution in [2.24, 2.45) is 0 Å². The van der Waals surface area contributed by atoms with Crippen molar-refractivity contribution < 1.29 is 4.74 Å². The molecule has 0 unspecified atom stereocenters. The van der Waals surface area contributed by atoms with Crippen LogP contribution in [0.25, 0.3) is 0 Å². The number of nitrogens with zero attached hydrogens (tertiary/aromatic N) is 2. The molecule has 0 saturated carbocycles. The van der Waals surface area contributed by atoms with Crippen LogP contribution in [0.3, 0.4) is 0 Å². The van der Waals surface area contributed by atoms with Crippen molar-refractivity contribution in [2.75, 3.05) is 6.61 Å². The summed E-state index contributed by atoms with van der Waals surface area (Å²) in [7, 11) is 0. The third kappa shape index (κ3) is 2.49. The number of rotatable bonds is 6. The van der Waals surface area contributed by atoms with Crippen molar-refractivity contribution in [1.82, 2.24) is 15.2 Å². The standard InChI is InChI=1S/C10H18ClN3O/c1-4-10(5-2,15-6-3)9-12-8(7-11)13-14-9/h4-7H2,1-3H3,(H,12,13,14). The maximum atomic E-state index is 5.78. The molecule has 5 heteroatoms. The van der Waals surface area contributed by atoms with Crippen LogP contribution in [-0.2, 0) is 16.2 Å². The molecule has 1 aromatic rings. The number of aromatic nitrogens is 3. The molecule has 0 bridgehead atoms. The molecule has 1 N–H and O–H groups in total. The summed E-state index contributed by atoms with van der Waals surface area (Å²) in [5.74, 6) is 1.76. The van der Waals surface area contributed by atoms with E-state index >= 15 is 0 Å². The molecule has 0 aromatic carbocycles. The van der Waals surface area contributed by atoms with Gasteiger partial charge in [0.1, 0.15) is 11.4 Å². The van der Waals surface area contributed by atoms with E-state index in [0.29, 0.717) is 24.1 Å². The second-order valence-corrected chi connectivity index (χ2v) is 3.64. The van der Waals surface area contributed by atoms with Gasteiger partial charge in [-0.25, -0.2) is 4.98 Å². The molecule has 0 amide bonds. The van der Waals surface area contributed by atoms with E-state index in [-0.39, 0.29) is 5.60 Å². The minimum absolute atomic E-state index is 0.350. The molecule has 1 aromatic heterocycles. The Labute approximate surface area is 95.4 Å². The minimum Gasteiger partial charge on any atom is -0.367 e. The first-order chi connectivity index (χ1) is 7.22. The predicted octanol–water partition coefficient (Wildman–Crippen LogP) is 2.60. The quantitative estimate of drug-likeness (QED) is 0.766. The first-order valence-electron chi connectivity index (χ1n) is 5.34. The Bertz CT molecular complexity index is 297. The third-order valence-corrected chi connectivity index (χ3v) is 2.88. The Kier molecular flexibility index (Phi) is 4.54. The number of hydrogen-bond acceptors (Lipinski definition) is 3. The number of H-pyrrole nitrogens is 1. The first-order valence-corrected chi connectivity index (χ1v) is 5.87. The maximum absolute atomic E-state index is 5.78. The van der Waals surface area contributed by atoms with E-state index in [1.54, 1.807) is 0 Å². The zero-order valence-electron chi connectivity index (χ0n) is 9.51. The van der Waals surface area contributed by atoms with Crippen LogP contribution < -0.4 is 0 Å². The second-order valence-electron chi connectivity index (χ2n) is 3.37. The average Bonchev–Trinajstić information content (AvgIpc) is 2.75. The van der Waals surface area contributed by atoms with Crippen LogP contribution in [0.15, 0.2) is 0 Å². The fourth-order valence-corrected chi connectivity index (χ4v) is 1.79.